The Morgan fingerprint density at radius 1 is 0.962 bits per heavy atom. The molecule has 0 unspecified atom stereocenters. The zero-order chi connectivity index (χ0) is 19.1. The van der Waals surface area contributed by atoms with Crippen LogP contribution in [0.3, 0.4) is 0 Å². The summed E-state index contributed by atoms with van der Waals surface area (Å²) in [6.07, 6.45) is 1.25. The molecule has 1 aromatic carbocycles. The fraction of sp³-hybridized carbons (Fsp3) is 0.474. The first-order valence-electron chi connectivity index (χ1n) is 8.60. The molecular formula is C19H21NO6. The molecule has 0 saturated heterocycles. The van der Waals surface area contributed by atoms with Crippen molar-refractivity contribution in [3.8, 4) is 0 Å². The Balaban J connectivity index is 1.61. The number of amides is 2. The summed E-state index contributed by atoms with van der Waals surface area (Å²) in [5.74, 6) is -3.24. The third-order valence-electron chi connectivity index (χ3n) is 4.44. The van der Waals surface area contributed by atoms with Crippen LogP contribution in [0, 0.1) is 11.8 Å². The lowest BCUT2D eigenvalue weighted by Crippen LogP contribution is -2.35. The maximum Gasteiger partial charge on any atom is 0.336 e. The standard InChI is InChI=1S/C19H21NO6/c1-19(2,3)25-17(23)11-8-9-12(10-11)18(24)26-20-15(21)13-6-4-5-7-14(13)16(20)22/h4-7,11-12H,8-10H2,1-3H3/t11-,12+/m1/s1. The molecule has 0 radical (unpaired) electrons. The van der Waals surface area contributed by atoms with Crippen LogP contribution >= 0.6 is 0 Å². The normalized spacial score (nSPS) is 22.3. The van der Waals surface area contributed by atoms with Crippen LogP contribution in [0.5, 0.6) is 0 Å². The molecule has 7 nitrogen and oxygen atoms in total. The molecule has 1 aliphatic carbocycles. The van der Waals surface area contributed by atoms with E-state index in [0.29, 0.717) is 17.9 Å². The Morgan fingerprint density at radius 2 is 1.46 bits per heavy atom. The van der Waals surface area contributed by atoms with E-state index >= 15 is 0 Å². The van der Waals surface area contributed by atoms with Crippen molar-refractivity contribution in [2.45, 2.75) is 45.6 Å². The fourth-order valence-corrected chi connectivity index (χ4v) is 3.21. The summed E-state index contributed by atoms with van der Waals surface area (Å²) < 4.78 is 5.35. The molecule has 2 aliphatic rings. The van der Waals surface area contributed by atoms with Gasteiger partial charge in [0.2, 0.25) is 0 Å². The van der Waals surface area contributed by atoms with E-state index in [1.165, 1.54) is 12.1 Å². The van der Waals surface area contributed by atoms with Gasteiger partial charge in [-0.1, -0.05) is 17.2 Å². The van der Waals surface area contributed by atoms with E-state index < -0.39 is 29.3 Å². The summed E-state index contributed by atoms with van der Waals surface area (Å²) in [7, 11) is 0. The number of fused-ring (bicyclic) bond motifs is 1. The highest BCUT2D eigenvalue weighted by Gasteiger charge is 2.42. The van der Waals surface area contributed by atoms with E-state index in [4.69, 9.17) is 9.57 Å². The number of esters is 1. The maximum absolute atomic E-state index is 12.4. The van der Waals surface area contributed by atoms with Gasteiger partial charge in [-0.2, -0.15) is 0 Å². The van der Waals surface area contributed by atoms with Gasteiger partial charge in [0.1, 0.15) is 5.60 Å². The Labute approximate surface area is 151 Å². The van der Waals surface area contributed by atoms with Crippen LogP contribution in [0.4, 0.5) is 0 Å². The number of carbonyl (C=O) groups excluding carboxylic acids is 4. The average molecular weight is 359 g/mol. The number of benzene rings is 1. The molecule has 2 atom stereocenters. The molecule has 0 spiro atoms. The largest absolute Gasteiger partial charge is 0.460 e. The summed E-state index contributed by atoms with van der Waals surface area (Å²) in [4.78, 5) is 54.1. The second kappa shape index (κ2) is 6.55. The highest BCUT2D eigenvalue weighted by atomic mass is 16.7. The molecule has 1 aliphatic heterocycles. The Morgan fingerprint density at radius 3 is 1.96 bits per heavy atom. The maximum atomic E-state index is 12.4. The van der Waals surface area contributed by atoms with Gasteiger partial charge in [-0.25, -0.2) is 4.79 Å². The zero-order valence-electron chi connectivity index (χ0n) is 15.0. The van der Waals surface area contributed by atoms with E-state index in [1.54, 1.807) is 32.9 Å². The minimum atomic E-state index is -0.675. The van der Waals surface area contributed by atoms with Crippen molar-refractivity contribution in [3.63, 3.8) is 0 Å². The lowest BCUT2D eigenvalue weighted by molar-refractivity contribution is -0.173. The molecular weight excluding hydrogens is 338 g/mol. The first-order valence-corrected chi connectivity index (χ1v) is 8.60. The van der Waals surface area contributed by atoms with Crippen molar-refractivity contribution in [1.29, 1.82) is 0 Å². The smallest absolute Gasteiger partial charge is 0.336 e. The summed E-state index contributed by atoms with van der Waals surface area (Å²) in [6.45, 7) is 5.36. The second-order valence-corrected chi connectivity index (χ2v) is 7.60. The topological polar surface area (TPSA) is 90.0 Å². The molecule has 0 bridgehead atoms. The highest BCUT2D eigenvalue weighted by molar-refractivity contribution is 6.20. The molecule has 0 aromatic heterocycles. The molecule has 1 heterocycles. The second-order valence-electron chi connectivity index (χ2n) is 7.60. The van der Waals surface area contributed by atoms with Gasteiger partial charge < -0.3 is 9.57 Å². The van der Waals surface area contributed by atoms with Gasteiger partial charge in [0, 0.05) is 0 Å². The first kappa shape index (κ1) is 18.1. The van der Waals surface area contributed by atoms with Crippen LogP contribution in [-0.4, -0.2) is 34.4 Å². The molecule has 2 amide bonds. The number of carbonyl (C=O) groups is 4. The van der Waals surface area contributed by atoms with Crippen LogP contribution in [0.2, 0.25) is 0 Å². The van der Waals surface area contributed by atoms with Crippen LogP contribution < -0.4 is 0 Å². The lowest BCUT2D eigenvalue weighted by atomic mass is 10.0. The minimum absolute atomic E-state index is 0.211. The number of imide groups is 1. The Hall–Kier alpha value is -2.70. The van der Waals surface area contributed by atoms with E-state index in [0.717, 1.165) is 0 Å². The van der Waals surface area contributed by atoms with Crippen molar-refractivity contribution < 1.29 is 28.8 Å². The number of ether oxygens (including phenoxy) is 1. The lowest BCUT2D eigenvalue weighted by Gasteiger charge is -2.22. The number of hydrogen-bond acceptors (Lipinski definition) is 6. The molecule has 26 heavy (non-hydrogen) atoms. The van der Waals surface area contributed by atoms with Gasteiger partial charge in [-0.05, 0) is 52.2 Å². The van der Waals surface area contributed by atoms with Gasteiger partial charge in [0.05, 0.1) is 23.0 Å². The quantitative estimate of drug-likeness (QED) is 0.608. The van der Waals surface area contributed by atoms with Gasteiger partial charge in [-0.15, -0.1) is 0 Å². The van der Waals surface area contributed by atoms with E-state index in [2.05, 4.69) is 0 Å². The number of rotatable bonds is 3. The summed E-state index contributed by atoms with van der Waals surface area (Å²) in [5.41, 5.74) is -0.165. The summed E-state index contributed by atoms with van der Waals surface area (Å²) in [5, 5.41) is 0.508. The number of nitrogens with zero attached hydrogens (tertiary/aromatic N) is 1. The van der Waals surface area contributed by atoms with E-state index in [-0.39, 0.29) is 29.4 Å². The van der Waals surface area contributed by atoms with E-state index in [9.17, 15) is 19.2 Å². The monoisotopic (exact) mass is 359 g/mol. The van der Waals surface area contributed by atoms with Crippen molar-refractivity contribution in [1.82, 2.24) is 5.06 Å². The highest BCUT2D eigenvalue weighted by Crippen LogP contribution is 2.34. The fourth-order valence-electron chi connectivity index (χ4n) is 3.21. The van der Waals surface area contributed by atoms with Crippen molar-refractivity contribution in [2.75, 3.05) is 0 Å². The number of hydroxylamine groups is 2. The third kappa shape index (κ3) is 3.47. The average Bonchev–Trinajstić information content (AvgIpc) is 3.14. The summed E-state index contributed by atoms with van der Waals surface area (Å²) >= 11 is 0. The van der Waals surface area contributed by atoms with Crippen LogP contribution in [-0.2, 0) is 19.2 Å². The molecule has 138 valence electrons. The van der Waals surface area contributed by atoms with Gasteiger partial charge in [0.15, 0.2) is 0 Å². The zero-order valence-corrected chi connectivity index (χ0v) is 15.0. The SMILES string of the molecule is CC(C)(C)OC(=O)[C@@H]1CC[C@H](C(=O)ON2C(=O)c3ccccc3C2=O)C1. The van der Waals surface area contributed by atoms with Crippen molar-refractivity contribution >= 4 is 23.8 Å². The Bertz CT molecular complexity index is 743. The molecule has 0 N–H and O–H groups in total. The van der Waals surface area contributed by atoms with Crippen molar-refractivity contribution in [2.24, 2.45) is 11.8 Å². The molecule has 1 fully saturated rings. The van der Waals surface area contributed by atoms with Crippen LogP contribution in [0.15, 0.2) is 24.3 Å². The van der Waals surface area contributed by atoms with Crippen LogP contribution in [0.1, 0.15) is 60.7 Å². The predicted molar refractivity (Wildman–Crippen MR) is 89.7 cm³/mol. The third-order valence-corrected chi connectivity index (χ3v) is 4.44. The van der Waals surface area contributed by atoms with E-state index in [1.807, 2.05) is 0 Å². The molecule has 7 heteroatoms. The summed E-state index contributed by atoms with van der Waals surface area (Å²) in [6, 6.07) is 6.30. The van der Waals surface area contributed by atoms with Gasteiger partial charge in [0.25, 0.3) is 11.8 Å². The van der Waals surface area contributed by atoms with Crippen molar-refractivity contribution in [3.05, 3.63) is 35.4 Å². The minimum Gasteiger partial charge on any atom is -0.460 e. The molecule has 1 saturated carbocycles. The molecule has 3 rings (SSSR count). The van der Waals surface area contributed by atoms with Gasteiger partial charge in [-0.3, -0.25) is 14.4 Å². The predicted octanol–water partition coefficient (Wildman–Crippen LogP) is 2.50. The molecule has 1 aromatic rings. The Kier molecular flexibility index (Phi) is 4.56. The first-order chi connectivity index (χ1) is 12.2. The van der Waals surface area contributed by atoms with Crippen LogP contribution in [0.25, 0.3) is 0 Å². The number of hydrogen-bond donors (Lipinski definition) is 0. The van der Waals surface area contributed by atoms with Gasteiger partial charge >= 0.3 is 11.9 Å².